The van der Waals surface area contributed by atoms with Crippen LogP contribution in [0, 0.1) is 0 Å². The number of benzene rings is 1. The molecule has 1 saturated heterocycles. The molecule has 2 aliphatic rings. The molecule has 1 atom stereocenters. The number of aliphatic hydroxyl groups is 1. The smallest absolute Gasteiger partial charge is 0.161 e. The van der Waals surface area contributed by atoms with Crippen LogP contribution >= 0.6 is 0 Å². The van der Waals surface area contributed by atoms with Crippen molar-refractivity contribution in [3.8, 4) is 11.5 Å². The van der Waals surface area contributed by atoms with Gasteiger partial charge in [0.2, 0.25) is 0 Å². The van der Waals surface area contributed by atoms with Gasteiger partial charge in [-0.1, -0.05) is 31.7 Å². The second kappa shape index (κ2) is 10.9. The van der Waals surface area contributed by atoms with Gasteiger partial charge in [-0.3, -0.25) is 0 Å². The van der Waals surface area contributed by atoms with Crippen LogP contribution in [0.1, 0.15) is 56.9 Å². The first-order valence-corrected chi connectivity index (χ1v) is 10.7. The van der Waals surface area contributed by atoms with Crippen molar-refractivity contribution in [2.24, 2.45) is 0 Å². The van der Waals surface area contributed by atoms with E-state index in [9.17, 15) is 5.11 Å². The first-order chi connectivity index (χ1) is 13.2. The van der Waals surface area contributed by atoms with E-state index in [-0.39, 0.29) is 0 Å². The zero-order chi connectivity index (χ0) is 18.9. The molecule has 2 fully saturated rings. The molecule has 2 N–H and O–H groups in total. The van der Waals surface area contributed by atoms with Crippen molar-refractivity contribution in [3.63, 3.8) is 0 Å². The predicted octanol–water partition coefficient (Wildman–Crippen LogP) is 3.34. The number of nitrogens with one attached hydrogen (secondary N) is 1. The molecule has 1 aromatic rings. The molecule has 1 aromatic carbocycles. The number of hydrogen-bond acceptors (Lipinski definition) is 5. The summed E-state index contributed by atoms with van der Waals surface area (Å²) in [4.78, 5) is 2.30. The highest BCUT2D eigenvalue weighted by molar-refractivity contribution is 5.43. The van der Waals surface area contributed by atoms with Gasteiger partial charge >= 0.3 is 0 Å². The zero-order valence-electron chi connectivity index (χ0n) is 16.8. The van der Waals surface area contributed by atoms with Crippen LogP contribution in [0.3, 0.4) is 0 Å². The molecule has 1 aliphatic carbocycles. The van der Waals surface area contributed by atoms with Crippen molar-refractivity contribution in [2.75, 3.05) is 33.4 Å². The highest BCUT2D eigenvalue weighted by Crippen LogP contribution is 2.28. The largest absolute Gasteiger partial charge is 0.493 e. The van der Waals surface area contributed by atoms with E-state index in [0.717, 1.165) is 31.1 Å². The Morgan fingerprint density at radius 3 is 2.52 bits per heavy atom. The molecular weight excluding hydrogens is 340 g/mol. The van der Waals surface area contributed by atoms with Gasteiger partial charge in [-0.15, -0.1) is 0 Å². The maximum atomic E-state index is 10.3. The van der Waals surface area contributed by atoms with Crippen molar-refractivity contribution < 1.29 is 14.6 Å². The lowest BCUT2D eigenvalue weighted by Gasteiger charge is -2.21. The SMILES string of the molecule is COc1ccc(CNC2CCCCCC2)cc1OC[C@@H](O)CN1CCCC1. The van der Waals surface area contributed by atoms with E-state index in [0.29, 0.717) is 19.2 Å². The Morgan fingerprint density at radius 1 is 1.07 bits per heavy atom. The van der Waals surface area contributed by atoms with Gasteiger partial charge in [-0.2, -0.15) is 0 Å². The number of rotatable bonds is 9. The average molecular weight is 377 g/mol. The summed E-state index contributed by atoms with van der Waals surface area (Å²) in [5.41, 5.74) is 1.20. The van der Waals surface area contributed by atoms with Crippen LogP contribution in [0.5, 0.6) is 11.5 Å². The number of ether oxygens (including phenoxy) is 2. The Bertz CT molecular complexity index is 552. The van der Waals surface area contributed by atoms with Gasteiger partial charge in [0.25, 0.3) is 0 Å². The summed E-state index contributed by atoms with van der Waals surface area (Å²) in [6.07, 6.45) is 9.98. The summed E-state index contributed by atoms with van der Waals surface area (Å²) in [7, 11) is 1.66. The van der Waals surface area contributed by atoms with E-state index >= 15 is 0 Å². The van der Waals surface area contributed by atoms with Gasteiger partial charge in [0, 0.05) is 19.1 Å². The summed E-state index contributed by atoms with van der Waals surface area (Å²) in [6, 6.07) is 6.73. The van der Waals surface area contributed by atoms with E-state index in [1.165, 1.54) is 56.9 Å². The third-order valence-electron chi connectivity index (χ3n) is 5.78. The molecule has 1 heterocycles. The lowest BCUT2D eigenvalue weighted by molar-refractivity contribution is 0.0746. The summed E-state index contributed by atoms with van der Waals surface area (Å²) in [5, 5.41) is 14.0. The van der Waals surface area contributed by atoms with E-state index in [4.69, 9.17) is 9.47 Å². The molecule has 0 spiro atoms. The molecule has 152 valence electrons. The fraction of sp³-hybridized carbons (Fsp3) is 0.727. The number of likely N-dealkylation sites (tertiary alicyclic amines) is 1. The Morgan fingerprint density at radius 2 is 1.81 bits per heavy atom. The van der Waals surface area contributed by atoms with E-state index < -0.39 is 6.10 Å². The number of β-amino-alcohol motifs (C(OH)–C–C–N with tert-alkyl or cyclic N) is 1. The van der Waals surface area contributed by atoms with Crippen molar-refractivity contribution in [2.45, 2.75) is 70.1 Å². The van der Waals surface area contributed by atoms with Gasteiger partial charge in [0.15, 0.2) is 11.5 Å². The second-order valence-electron chi connectivity index (χ2n) is 8.03. The fourth-order valence-electron chi connectivity index (χ4n) is 4.19. The Balaban J connectivity index is 1.51. The minimum atomic E-state index is -0.472. The number of hydrogen-bond donors (Lipinski definition) is 2. The van der Waals surface area contributed by atoms with Gasteiger partial charge in [-0.25, -0.2) is 0 Å². The molecule has 5 heteroatoms. The first kappa shape index (κ1) is 20.4. The standard InChI is InChI=1S/C22H36N2O3/c1-26-21-11-10-18(15-23-19-8-4-2-3-5-9-19)14-22(21)27-17-20(25)16-24-12-6-7-13-24/h10-11,14,19-20,23,25H,2-9,12-13,15-17H2,1H3/t20-/m0/s1. The zero-order valence-corrected chi connectivity index (χ0v) is 16.8. The Hall–Kier alpha value is -1.30. The van der Waals surface area contributed by atoms with Crippen LogP contribution in [-0.2, 0) is 6.54 Å². The highest BCUT2D eigenvalue weighted by Gasteiger charge is 2.17. The summed E-state index contributed by atoms with van der Waals surface area (Å²) in [5.74, 6) is 1.44. The number of methoxy groups -OCH3 is 1. The fourth-order valence-corrected chi connectivity index (χ4v) is 4.19. The molecule has 0 amide bonds. The molecule has 0 bridgehead atoms. The second-order valence-corrected chi connectivity index (χ2v) is 8.03. The molecule has 1 aliphatic heterocycles. The van der Waals surface area contributed by atoms with Crippen LogP contribution in [0.2, 0.25) is 0 Å². The molecule has 3 rings (SSSR count). The molecule has 27 heavy (non-hydrogen) atoms. The monoisotopic (exact) mass is 376 g/mol. The molecule has 1 saturated carbocycles. The van der Waals surface area contributed by atoms with Crippen molar-refractivity contribution in [1.82, 2.24) is 10.2 Å². The van der Waals surface area contributed by atoms with E-state index in [1.54, 1.807) is 7.11 Å². The lowest BCUT2D eigenvalue weighted by atomic mass is 10.1. The van der Waals surface area contributed by atoms with Gasteiger partial charge in [0.05, 0.1) is 7.11 Å². The van der Waals surface area contributed by atoms with E-state index in [2.05, 4.69) is 16.3 Å². The van der Waals surface area contributed by atoms with Crippen LogP contribution < -0.4 is 14.8 Å². The summed E-state index contributed by atoms with van der Waals surface area (Å²) in [6.45, 7) is 4.00. The van der Waals surface area contributed by atoms with Crippen LogP contribution in [-0.4, -0.2) is 55.5 Å². The van der Waals surface area contributed by atoms with Gasteiger partial charge < -0.3 is 24.8 Å². The Kier molecular flexibility index (Phi) is 8.24. The van der Waals surface area contributed by atoms with Crippen LogP contribution in [0.4, 0.5) is 0 Å². The maximum Gasteiger partial charge on any atom is 0.161 e. The molecule has 5 nitrogen and oxygen atoms in total. The molecular formula is C22H36N2O3. The topological polar surface area (TPSA) is 54.0 Å². The van der Waals surface area contributed by atoms with Crippen molar-refractivity contribution in [1.29, 1.82) is 0 Å². The lowest BCUT2D eigenvalue weighted by Crippen LogP contribution is -2.33. The quantitative estimate of drug-likeness (QED) is 0.648. The summed E-state index contributed by atoms with van der Waals surface area (Å²) < 4.78 is 11.4. The van der Waals surface area contributed by atoms with Crippen LogP contribution in [0.15, 0.2) is 18.2 Å². The number of aliphatic hydroxyl groups excluding tert-OH is 1. The predicted molar refractivity (Wildman–Crippen MR) is 108 cm³/mol. The van der Waals surface area contributed by atoms with E-state index in [1.807, 2.05) is 12.1 Å². The molecule has 0 aromatic heterocycles. The maximum absolute atomic E-state index is 10.3. The van der Waals surface area contributed by atoms with Crippen LogP contribution in [0.25, 0.3) is 0 Å². The van der Waals surface area contributed by atoms with Gasteiger partial charge in [0.1, 0.15) is 12.7 Å². The van der Waals surface area contributed by atoms with Crippen molar-refractivity contribution in [3.05, 3.63) is 23.8 Å². The first-order valence-electron chi connectivity index (χ1n) is 10.7. The average Bonchev–Trinajstić information content (AvgIpc) is 3.05. The highest BCUT2D eigenvalue weighted by atomic mass is 16.5. The summed E-state index contributed by atoms with van der Waals surface area (Å²) >= 11 is 0. The number of nitrogens with zero attached hydrogens (tertiary/aromatic N) is 1. The van der Waals surface area contributed by atoms with Crippen molar-refractivity contribution >= 4 is 0 Å². The Labute approximate surface area is 164 Å². The third kappa shape index (κ3) is 6.66. The minimum Gasteiger partial charge on any atom is -0.493 e. The third-order valence-corrected chi connectivity index (χ3v) is 5.78. The molecule has 0 radical (unpaired) electrons. The normalized spacial score (nSPS) is 20.4. The minimum absolute atomic E-state index is 0.298. The van der Waals surface area contributed by atoms with Gasteiger partial charge in [-0.05, 0) is 56.5 Å². The molecule has 0 unspecified atom stereocenters.